The van der Waals surface area contributed by atoms with E-state index in [1.165, 1.54) is 16.5 Å². The third-order valence-electron chi connectivity index (χ3n) is 2.23. The molecule has 0 N–H and O–H groups in total. The van der Waals surface area contributed by atoms with Crippen molar-refractivity contribution in [3.05, 3.63) is 36.0 Å². The fraction of sp³-hybridized carbons (Fsp3) is 0.273. The second-order valence-electron chi connectivity index (χ2n) is 3.03. The lowest BCUT2D eigenvalue weighted by Gasteiger charge is -1.97. The Hall–Kier alpha value is -1.24. The summed E-state index contributed by atoms with van der Waals surface area (Å²) in [4.78, 5) is 0. The molecule has 2 aromatic rings. The summed E-state index contributed by atoms with van der Waals surface area (Å²) >= 11 is 0. The Morgan fingerprint density at radius 3 is 3.08 bits per heavy atom. The predicted octanol–water partition coefficient (Wildman–Crippen LogP) is 2.77. The molecule has 1 radical (unpaired) electrons. The molecule has 1 aromatic heterocycles. The molecule has 61 valence electrons. The summed E-state index contributed by atoms with van der Waals surface area (Å²) in [5.74, 6) is 0. The lowest BCUT2D eigenvalue weighted by molar-refractivity contribution is 0.795. The molecule has 1 heteroatoms. The first-order valence-electron chi connectivity index (χ1n) is 4.29. The minimum Gasteiger partial charge on any atom is -0.347 e. The van der Waals surface area contributed by atoms with Gasteiger partial charge in [-0.15, -0.1) is 0 Å². The van der Waals surface area contributed by atoms with Crippen molar-refractivity contribution in [1.82, 2.24) is 4.57 Å². The van der Waals surface area contributed by atoms with E-state index < -0.39 is 0 Å². The van der Waals surface area contributed by atoms with E-state index in [0.29, 0.717) is 0 Å². The summed E-state index contributed by atoms with van der Waals surface area (Å²) in [6.45, 7) is 5.32. The SMILES string of the molecule is CCn1cc(C)c2[c]cccc21. The van der Waals surface area contributed by atoms with Gasteiger partial charge in [-0.1, -0.05) is 12.1 Å². The second-order valence-corrected chi connectivity index (χ2v) is 3.03. The molecule has 0 aliphatic carbocycles. The molecule has 0 spiro atoms. The first kappa shape index (κ1) is 7.41. The Morgan fingerprint density at radius 1 is 1.50 bits per heavy atom. The number of fused-ring (bicyclic) bond motifs is 1. The summed E-state index contributed by atoms with van der Waals surface area (Å²) in [5.41, 5.74) is 2.60. The maximum absolute atomic E-state index is 3.25. The number of rotatable bonds is 1. The van der Waals surface area contributed by atoms with Crippen LogP contribution in [-0.4, -0.2) is 4.57 Å². The van der Waals surface area contributed by atoms with E-state index in [1.54, 1.807) is 0 Å². The van der Waals surface area contributed by atoms with Crippen LogP contribution in [-0.2, 0) is 6.54 Å². The molecule has 12 heavy (non-hydrogen) atoms. The average Bonchev–Trinajstić information content (AvgIpc) is 2.44. The van der Waals surface area contributed by atoms with Gasteiger partial charge in [0.05, 0.1) is 0 Å². The van der Waals surface area contributed by atoms with Crippen LogP contribution in [0.2, 0.25) is 0 Å². The maximum Gasteiger partial charge on any atom is 0.0489 e. The number of aryl methyl sites for hydroxylation is 2. The highest BCUT2D eigenvalue weighted by molar-refractivity contribution is 5.82. The van der Waals surface area contributed by atoms with Gasteiger partial charge in [-0.3, -0.25) is 0 Å². The van der Waals surface area contributed by atoms with Gasteiger partial charge in [0.15, 0.2) is 0 Å². The van der Waals surface area contributed by atoms with Crippen molar-refractivity contribution in [2.24, 2.45) is 0 Å². The van der Waals surface area contributed by atoms with Crippen molar-refractivity contribution >= 4 is 10.9 Å². The van der Waals surface area contributed by atoms with Crippen LogP contribution in [0.25, 0.3) is 10.9 Å². The Balaban J connectivity index is 2.82. The molecule has 0 aliphatic heterocycles. The maximum atomic E-state index is 3.25. The number of benzene rings is 1. The number of hydrogen-bond donors (Lipinski definition) is 0. The Morgan fingerprint density at radius 2 is 2.33 bits per heavy atom. The van der Waals surface area contributed by atoms with Crippen LogP contribution in [0.3, 0.4) is 0 Å². The molecule has 0 unspecified atom stereocenters. The molecular formula is C11H12N. The monoisotopic (exact) mass is 158 g/mol. The summed E-state index contributed by atoms with van der Waals surface area (Å²) in [7, 11) is 0. The van der Waals surface area contributed by atoms with Crippen LogP contribution in [0.1, 0.15) is 12.5 Å². The van der Waals surface area contributed by atoms with E-state index in [0.717, 1.165) is 6.54 Å². The smallest absolute Gasteiger partial charge is 0.0489 e. The van der Waals surface area contributed by atoms with Gasteiger partial charge in [0, 0.05) is 23.6 Å². The number of aromatic nitrogens is 1. The van der Waals surface area contributed by atoms with E-state index in [9.17, 15) is 0 Å². The van der Waals surface area contributed by atoms with Crippen molar-refractivity contribution in [1.29, 1.82) is 0 Å². The fourth-order valence-corrected chi connectivity index (χ4v) is 1.61. The lowest BCUT2D eigenvalue weighted by Crippen LogP contribution is -1.89. The molecule has 0 bridgehead atoms. The van der Waals surface area contributed by atoms with Crippen molar-refractivity contribution in [2.45, 2.75) is 20.4 Å². The standard InChI is InChI=1S/C11H12N/c1-3-12-8-9(2)10-6-4-5-7-11(10)12/h4-5,7-8H,3H2,1-2H3. The van der Waals surface area contributed by atoms with Gasteiger partial charge in [-0.2, -0.15) is 0 Å². The largest absolute Gasteiger partial charge is 0.347 e. The first-order valence-corrected chi connectivity index (χ1v) is 4.29. The topological polar surface area (TPSA) is 4.93 Å². The van der Waals surface area contributed by atoms with Crippen LogP contribution in [0.5, 0.6) is 0 Å². The highest BCUT2D eigenvalue weighted by Gasteiger charge is 2.01. The quantitative estimate of drug-likeness (QED) is 0.601. The van der Waals surface area contributed by atoms with Crippen molar-refractivity contribution in [3.8, 4) is 0 Å². The van der Waals surface area contributed by atoms with Crippen LogP contribution in [0.4, 0.5) is 0 Å². The molecule has 1 nitrogen and oxygen atoms in total. The third-order valence-corrected chi connectivity index (χ3v) is 2.23. The molecule has 1 heterocycles. The average molecular weight is 158 g/mol. The van der Waals surface area contributed by atoms with E-state index in [4.69, 9.17) is 0 Å². The van der Waals surface area contributed by atoms with Crippen molar-refractivity contribution in [2.75, 3.05) is 0 Å². The second kappa shape index (κ2) is 2.67. The van der Waals surface area contributed by atoms with Gasteiger partial charge in [0.2, 0.25) is 0 Å². The molecule has 0 fully saturated rings. The molecule has 0 aliphatic rings. The van der Waals surface area contributed by atoms with Gasteiger partial charge in [0.1, 0.15) is 0 Å². The number of hydrogen-bond acceptors (Lipinski definition) is 0. The zero-order valence-electron chi connectivity index (χ0n) is 7.46. The molecule has 0 atom stereocenters. The van der Waals surface area contributed by atoms with Gasteiger partial charge < -0.3 is 4.57 Å². The zero-order valence-corrected chi connectivity index (χ0v) is 7.46. The van der Waals surface area contributed by atoms with E-state index in [2.05, 4.69) is 36.7 Å². The van der Waals surface area contributed by atoms with Crippen LogP contribution >= 0.6 is 0 Å². The van der Waals surface area contributed by atoms with Gasteiger partial charge in [-0.05, 0) is 31.5 Å². The molecule has 0 saturated carbocycles. The fourth-order valence-electron chi connectivity index (χ4n) is 1.61. The third kappa shape index (κ3) is 0.934. The van der Waals surface area contributed by atoms with Crippen molar-refractivity contribution in [3.63, 3.8) is 0 Å². The first-order chi connectivity index (χ1) is 5.83. The minimum absolute atomic E-state index is 1.03. The van der Waals surface area contributed by atoms with E-state index in [1.807, 2.05) is 12.1 Å². The molecule has 0 saturated heterocycles. The van der Waals surface area contributed by atoms with Crippen LogP contribution < -0.4 is 0 Å². The molecule has 2 rings (SSSR count). The molecular weight excluding hydrogens is 146 g/mol. The summed E-state index contributed by atoms with van der Waals surface area (Å²) in [6, 6.07) is 9.40. The van der Waals surface area contributed by atoms with Crippen LogP contribution in [0.15, 0.2) is 24.4 Å². The van der Waals surface area contributed by atoms with Gasteiger partial charge in [0.25, 0.3) is 0 Å². The Labute approximate surface area is 72.6 Å². The Kier molecular flexibility index (Phi) is 1.65. The van der Waals surface area contributed by atoms with E-state index >= 15 is 0 Å². The predicted molar refractivity (Wildman–Crippen MR) is 51.2 cm³/mol. The summed E-state index contributed by atoms with van der Waals surface area (Å²) in [6.07, 6.45) is 2.18. The minimum atomic E-state index is 1.03. The summed E-state index contributed by atoms with van der Waals surface area (Å²) < 4.78 is 2.25. The summed E-state index contributed by atoms with van der Waals surface area (Å²) in [5, 5.41) is 1.25. The lowest BCUT2D eigenvalue weighted by atomic mass is 10.2. The molecule has 1 aromatic carbocycles. The highest BCUT2D eigenvalue weighted by atomic mass is 14.9. The van der Waals surface area contributed by atoms with Gasteiger partial charge >= 0.3 is 0 Å². The normalized spacial score (nSPS) is 10.8. The number of nitrogens with zero attached hydrogens (tertiary/aromatic N) is 1. The van der Waals surface area contributed by atoms with E-state index in [-0.39, 0.29) is 0 Å². The van der Waals surface area contributed by atoms with Crippen molar-refractivity contribution < 1.29 is 0 Å². The highest BCUT2D eigenvalue weighted by Crippen LogP contribution is 2.19. The van der Waals surface area contributed by atoms with Gasteiger partial charge in [-0.25, -0.2) is 0 Å². The zero-order chi connectivity index (χ0) is 8.55. The Bertz CT molecular complexity index is 398. The van der Waals surface area contributed by atoms with Crippen LogP contribution in [0, 0.1) is 13.0 Å². The molecule has 0 amide bonds.